The molecule has 2 aromatic heterocycles. The molecular weight excluding hydrogens is 256 g/mol. The highest BCUT2D eigenvalue weighted by molar-refractivity contribution is 6.05. The summed E-state index contributed by atoms with van der Waals surface area (Å²) < 4.78 is 0. The highest BCUT2D eigenvalue weighted by Gasteiger charge is 2.14. The van der Waals surface area contributed by atoms with Crippen molar-refractivity contribution in [2.24, 2.45) is 0 Å². The first kappa shape index (κ1) is 12.1. The molecule has 0 saturated heterocycles. The number of nitrogens with one attached hydrogen (secondary N) is 2. The second-order valence-corrected chi connectivity index (χ2v) is 4.26. The number of nitrogens with two attached hydrogens (primary N) is 1. The topological polar surface area (TPSA) is 110 Å². The van der Waals surface area contributed by atoms with Crippen molar-refractivity contribution in [3.63, 3.8) is 0 Å². The third-order valence-electron chi connectivity index (χ3n) is 2.88. The number of hydrogen-bond donors (Lipinski definition) is 3. The zero-order valence-corrected chi connectivity index (χ0v) is 10.5. The van der Waals surface area contributed by atoms with Crippen LogP contribution in [0, 0.1) is 0 Å². The van der Waals surface area contributed by atoms with Gasteiger partial charge < -0.3 is 11.1 Å². The van der Waals surface area contributed by atoms with Crippen molar-refractivity contribution in [3.05, 3.63) is 48.2 Å². The largest absolute Gasteiger partial charge is 0.399 e. The van der Waals surface area contributed by atoms with E-state index in [4.69, 9.17) is 5.73 Å². The number of nitrogens with zero attached hydrogens (tertiary/aromatic N) is 3. The number of hydrogen-bond acceptors (Lipinski definition) is 5. The molecule has 100 valence electrons. The van der Waals surface area contributed by atoms with Crippen molar-refractivity contribution in [1.29, 1.82) is 0 Å². The number of fused-ring (bicyclic) bond motifs is 1. The molecule has 0 bridgehead atoms. The van der Waals surface area contributed by atoms with Gasteiger partial charge in [-0.05, 0) is 24.3 Å². The number of carbonyl (C=O) groups excluding carboxylic acids is 1. The Morgan fingerprint density at radius 3 is 3.05 bits per heavy atom. The lowest BCUT2D eigenvalue weighted by atomic mass is 10.2. The summed E-state index contributed by atoms with van der Waals surface area (Å²) in [4.78, 5) is 20.0. The van der Waals surface area contributed by atoms with E-state index >= 15 is 0 Å². The van der Waals surface area contributed by atoms with Gasteiger partial charge in [0.05, 0.1) is 17.8 Å². The maximum absolute atomic E-state index is 12.1. The molecular formula is C13H12N6O. The summed E-state index contributed by atoms with van der Waals surface area (Å²) in [5.41, 5.74) is 8.13. The van der Waals surface area contributed by atoms with Gasteiger partial charge in [0.15, 0.2) is 5.69 Å². The van der Waals surface area contributed by atoms with Crippen LogP contribution >= 0.6 is 0 Å². The molecule has 0 atom stereocenters. The fourth-order valence-electron chi connectivity index (χ4n) is 1.88. The van der Waals surface area contributed by atoms with Gasteiger partial charge in [-0.25, -0.2) is 9.97 Å². The highest BCUT2D eigenvalue weighted by atomic mass is 16.1. The van der Waals surface area contributed by atoms with E-state index in [-0.39, 0.29) is 5.91 Å². The number of aromatic nitrogens is 4. The number of nitrogen functional groups attached to an aromatic ring is 1. The van der Waals surface area contributed by atoms with Gasteiger partial charge in [-0.15, -0.1) is 0 Å². The molecule has 0 radical (unpaired) electrons. The Balaban J connectivity index is 1.80. The smallest absolute Gasteiger partial charge is 0.272 e. The lowest BCUT2D eigenvalue weighted by molar-refractivity contribution is 0.0947. The van der Waals surface area contributed by atoms with E-state index in [1.165, 1.54) is 6.33 Å². The van der Waals surface area contributed by atoms with Crippen LogP contribution in [0.4, 0.5) is 5.69 Å². The van der Waals surface area contributed by atoms with Gasteiger partial charge in [0.2, 0.25) is 0 Å². The van der Waals surface area contributed by atoms with E-state index in [1.807, 2.05) is 0 Å². The first-order chi connectivity index (χ1) is 9.74. The minimum absolute atomic E-state index is 0.277. The van der Waals surface area contributed by atoms with Crippen LogP contribution in [0.5, 0.6) is 0 Å². The summed E-state index contributed by atoms with van der Waals surface area (Å²) in [5.74, 6) is -0.277. The summed E-state index contributed by atoms with van der Waals surface area (Å²) in [6.45, 7) is 0.317. The van der Waals surface area contributed by atoms with Crippen molar-refractivity contribution < 1.29 is 4.79 Å². The first-order valence-electron chi connectivity index (χ1n) is 6.01. The molecule has 4 N–H and O–H groups in total. The Hall–Kier alpha value is -2.96. The van der Waals surface area contributed by atoms with Gasteiger partial charge in [-0.1, -0.05) is 0 Å². The number of amides is 1. The summed E-state index contributed by atoms with van der Waals surface area (Å²) in [6, 6.07) is 7.00. The molecule has 0 spiro atoms. The second kappa shape index (κ2) is 4.96. The standard InChI is InChI=1S/C13H12N6O/c14-8-1-2-11-10(5-8)12(19-18-11)13(20)16-6-9-3-4-15-7-17-9/h1-5,7H,6,14H2,(H,16,20)(H,18,19). The predicted molar refractivity (Wildman–Crippen MR) is 73.7 cm³/mol. The van der Waals surface area contributed by atoms with E-state index in [9.17, 15) is 4.79 Å². The molecule has 1 aromatic carbocycles. The van der Waals surface area contributed by atoms with Crippen LogP contribution in [0.2, 0.25) is 0 Å². The summed E-state index contributed by atoms with van der Waals surface area (Å²) in [5, 5.41) is 10.3. The first-order valence-corrected chi connectivity index (χ1v) is 6.01. The SMILES string of the molecule is Nc1ccc2[nH]nc(C(=O)NCc3ccncn3)c2c1. The van der Waals surface area contributed by atoms with E-state index in [1.54, 1.807) is 30.5 Å². The fourth-order valence-corrected chi connectivity index (χ4v) is 1.88. The van der Waals surface area contributed by atoms with Crippen LogP contribution in [0.3, 0.4) is 0 Å². The molecule has 0 aliphatic rings. The Morgan fingerprint density at radius 2 is 2.25 bits per heavy atom. The quantitative estimate of drug-likeness (QED) is 0.610. The van der Waals surface area contributed by atoms with Gasteiger partial charge in [-0.3, -0.25) is 9.89 Å². The number of rotatable bonds is 3. The van der Waals surface area contributed by atoms with Crippen molar-refractivity contribution in [3.8, 4) is 0 Å². The predicted octanol–water partition coefficient (Wildman–Crippen LogP) is 0.865. The van der Waals surface area contributed by atoms with E-state index < -0.39 is 0 Å². The molecule has 0 saturated carbocycles. The van der Waals surface area contributed by atoms with Crippen LogP contribution in [0.25, 0.3) is 10.9 Å². The van der Waals surface area contributed by atoms with Crippen LogP contribution in [-0.4, -0.2) is 26.1 Å². The monoisotopic (exact) mass is 268 g/mol. The molecule has 2 heterocycles. The van der Waals surface area contributed by atoms with Gasteiger partial charge in [0.1, 0.15) is 6.33 Å². The average Bonchev–Trinajstić information content (AvgIpc) is 2.89. The fraction of sp³-hybridized carbons (Fsp3) is 0.0769. The number of H-pyrrole nitrogens is 1. The minimum Gasteiger partial charge on any atom is -0.399 e. The molecule has 7 heteroatoms. The third kappa shape index (κ3) is 2.28. The van der Waals surface area contributed by atoms with Crippen LogP contribution < -0.4 is 11.1 Å². The number of aromatic amines is 1. The molecule has 0 unspecified atom stereocenters. The Kier molecular flexibility index (Phi) is 3.00. The minimum atomic E-state index is -0.277. The lowest BCUT2D eigenvalue weighted by Gasteiger charge is -2.02. The Labute approximate surface area is 114 Å². The molecule has 0 fully saturated rings. The van der Waals surface area contributed by atoms with Crippen LogP contribution in [0.15, 0.2) is 36.8 Å². The van der Waals surface area contributed by atoms with E-state index in [0.717, 1.165) is 11.2 Å². The van der Waals surface area contributed by atoms with Gasteiger partial charge >= 0.3 is 0 Å². The van der Waals surface area contributed by atoms with E-state index in [2.05, 4.69) is 25.5 Å². The zero-order chi connectivity index (χ0) is 13.9. The van der Waals surface area contributed by atoms with Crippen molar-refractivity contribution in [1.82, 2.24) is 25.5 Å². The number of benzene rings is 1. The van der Waals surface area contributed by atoms with Gasteiger partial charge in [0, 0.05) is 17.3 Å². The molecule has 3 aromatic rings. The van der Waals surface area contributed by atoms with Gasteiger partial charge in [0.25, 0.3) is 5.91 Å². The molecule has 7 nitrogen and oxygen atoms in total. The van der Waals surface area contributed by atoms with E-state index in [0.29, 0.717) is 23.3 Å². The van der Waals surface area contributed by atoms with Crippen LogP contribution in [-0.2, 0) is 6.54 Å². The normalized spacial score (nSPS) is 10.6. The second-order valence-electron chi connectivity index (χ2n) is 4.26. The summed E-state index contributed by atoms with van der Waals surface area (Å²) in [7, 11) is 0. The lowest BCUT2D eigenvalue weighted by Crippen LogP contribution is -2.23. The van der Waals surface area contributed by atoms with Crippen LogP contribution in [0.1, 0.15) is 16.2 Å². The van der Waals surface area contributed by atoms with Crippen molar-refractivity contribution in [2.75, 3.05) is 5.73 Å². The molecule has 3 rings (SSSR count). The summed E-state index contributed by atoms with van der Waals surface area (Å²) >= 11 is 0. The molecule has 20 heavy (non-hydrogen) atoms. The average molecular weight is 268 g/mol. The van der Waals surface area contributed by atoms with Gasteiger partial charge in [-0.2, -0.15) is 5.10 Å². The number of carbonyl (C=O) groups is 1. The maximum atomic E-state index is 12.1. The maximum Gasteiger partial charge on any atom is 0.272 e. The molecule has 0 aliphatic heterocycles. The number of anilines is 1. The highest BCUT2D eigenvalue weighted by Crippen LogP contribution is 2.18. The third-order valence-corrected chi connectivity index (χ3v) is 2.88. The Morgan fingerprint density at radius 1 is 1.35 bits per heavy atom. The van der Waals surface area contributed by atoms with Crippen molar-refractivity contribution in [2.45, 2.75) is 6.54 Å². The zero-order valence-electron chi connectivity index (χ0n) is 10.5. The Bertz CT molecular complexity index is 752. The van der Waals surface area contributed by atoms with Crippen molar-refractivity contribution >= 4 is 22.5 Å². The molecule has 1 amide bonds. The summed E-state index contributed by atoms with van der Waals surface area (Å²) in [6.07, 6.45) is 3.06. The molecule has 0 aliphatic carbocycles.